The van der Waals surface area contributed by atoms with Crippen molar-refractivity contribution in [2.45, 2.75) is 57.5 Å². The highest BCUT2D eigenvalue weighted by Gasteiger charge is 2.30. The normalized spacial score (nSPS) is 13.6. The molecule has 1 aliphatic carbocycles. The zero-order valence-corrected chi connectivity index (χ0v) is 18.7. The number of amides is 2. The summed E-state index contributed by atoms with van der Waals surface area (Å²) in [7, 11) is 0. The zero-order valence-electron chi connectivity index (χ0n) is 18.7. The molecule has 170 valence electrons. The molecular weight excluding hydrogens is 408 g/mol. The molecule has 32 heavy (non-hydrogen) atoms. The third-order valence-corrected chi connectivity index (χ3v) is 5.33. The Hall–Kier alpha value is -3.35. The molecule has 0 saturated carbocycles. The van der Waals surface area contributed by atoms with Crippen LogP contribution in [-0.4, -0.2) is 41.3 Å². The van der Waals surface area contributed by atoms with Crippen molar-refractivity contribution in [2.75, 3.05) is 6.61 Å². The second kappa shape index (κ2) is 9.85. The van der Waals surface area contributed by atoms with E-state index in [9.17, 15) is 14.4 Å². The summed E-state index contributed by atoms with van der Waals surface area (Å²) in [6.45, 7) is 5.66. The van der Waals surface area contributed by atoms with Crippen molar-refractivity contribution in [1.29, 1.82) is 0 Å². The monoisotopic (exact) mass is 438 g/mol. The Morgan fingerprint density at radius 1 is 1.00 bits per heavy atom. The summed E-state index contributed by atoms with van der Waals surface area (Å²) in [5.41, 5.74) is 3.99. The van der Waals surface area contributed by atoms with Gasteiger partial charge in [0.2, 0.25) is 5.91 Å². The number of carboxylic acids is 1. The van der Waals surface area contributed by atoms with Crippen molar-refractivity contribution in [3.63, 3.8) is 0 Å². The average Bonchev–Trinajstić information content (AvgIpc) is 3.04. The predicted octanol–water partition coefficient (Wildman–Crippen LogP) is 4.06. The average molecular weight is 439 g/mol. The van der Waals surface area contributed by atoms with Gasteiger partial charge in [0.15, 0.2) is 0 Å². The number of fused-ring (bicyclic) bond motifs is 3. The number of alkyl carbamates (subject to hydrolysis) is 1. The number of hydrogen-bond donors (Lipinski definition) is 3. The van der Waals surface area contributed by atoms with Crippen molar-refractivity contribution in [3.8, 4) is 11.1 Å². The molecule has 0 saturated heterocycles. The number of rotatable bonds is 8. The highest BCUT2D eigenvalue weighted by Crippen LogP contribution is 2.44. The number of hydrogen-bond acceptors (Lipinski definition) is 4. The molecule has 0 heterocycles. The first-order chi connectivity index (χ1) is 15.2. The minimum atomic E-state index is -0.943. The van der Waals surface area contributed by atoms with Crippen LogP contribution in [0.1, 0.15) is 57.1 Å². The van der Waals surface area contributed by atoms with Gasteiger partial charge in [-0.1, -0.05) is 48.5 Å². The Kier molecular flexibility index (Phi) is 7.18. The van der Waals surface area contributed by atoms with Crippen LogP contribution in [0.5, 0.6) is 0 Å². The quantitative estimate of drug-likeness (QED) is 0.576. The van der Waals surface area contributed by atoms with Crippen molar-refractivity contribution >= 4 is 18.0 Å². The van der Waals surface area contributed by atoms with Crippen LogP contribution in [0.2, 0.25) is 0 Å². The molecule has 0 fully saturated rings. The SMILES string of the molecule is CC(C)(C)NC(=O)C(CCCC(=O)O)NC(=O)OCC1c2ccccc2-c2ccccc21. The maximum atomic E-state index is 12.6. The van der Waals surface area contributed by atoms with Gasteiger partial charge in [-0.25, -0.2) is 4.79 Å². The first kappa shape index (κ1) is 23.3. The number of nitrogens with one attached hydrogen (secondary N) is 2. The fourth-order valence-electron chi connectivity index (χ4n) is 3.97. The molecule has 0 spiro atoms. The fraction of sp³-hybridized carbons (Fsp3) is 0.400. The lowest BCUT2D eigenvalue weighted by Crippen LogP contribution is -2.52. The summed E-state index contributed by atoms with van der Waals surface area (Å²) in [5.74, 6) is -1.39. The van der Waals surface area contributed by atoms with E-state index in [1.54, 1.807) is 0 Å². The smallest absolute Gasteiger partial charge is 0.407 e. The van der Waals surface area contributed by atoms with E-state index in [0.717, 1.165) is 22.3 Å². The number of carboxylic acid groups (broad SMARTS) is 1. The largest absolute Gasteiger partial charge is 0.481 e. The van der Waals surface area contributed by atoms with E-state index in [2.05, 4.69) is 22.8 Å². The number of carbonyl (C=O) groups excluding carboxylic acids is 2. The molecule has 0 aliphatic heterocycles. The van der Waals surface area contributed by atoms with Crippen molar-refractivity contribution in [2.24, 2.45) is 0 Å². The van der Waals surface area contributed by atoms with Gasteiger partial charge in [0.1, 0.15) is 12.6 Å². The lowest BCUT2D eigenvalue weighted by Gasteiger charge is -2.25. The number of aliphatic carboxylic acids is 1. The maximum Gasteiger partial charge on any atom is 0.407 e. The summed E-state index contributed by atoms with van der Waals surface area (Å²) in [6.07, 6.45) is -0.304. The van der Waals surface area contributed by atoms with E-state index in [1.165, 1.54) is 0 Å². The molecule has 0 aromatic heterocycles. The summed E-state index contributed by atoms with van der Waals surface area (Å²) < 4.78 is 5.53. The lowest BCUT2D eigenvalue weighted by molar-refractivity contribution is -0.137. The summed E-state index contributed by atoms with van der Waals surface area (Å²) >= 11 is 0. The van der Waals surface area contributed by atoms with Gasteiger partial charge in [0.05, 0.1) is 0 Å². The third kappa shape index (κ3) is 5.87. The Morgan fingerprint density at radius 3 is 2.09 bits per heavy atom. The predicted molar refractivity (Wildman–Crippen MR) is 121 cm³/mol. The van der Waals surface area contributed by atoms with Crippen molar-refractivity contribution < 1.29 is 24.2 Å². The van der Waals surface area contributed by atoms with Gasteiger partial charge >= 0.3 is 12.1 Å². The topological polar surface area (TPSA) is 105 Å². The Balaban J connectivity index is 1.66. The lowest BCUT2D eigenvalue weighted by atomic mass is 9.98. The highest BCUT2D eigenvalue weighted by molar-refractivity contribution is 5.86. The first-order valence-corrected chi connectivity index (χ1v) is 10.8. The molecule has 3 N–H and O–H groups in total. The highest BCUT2D eigenvalue weighted by atomic mass is 16.5. The molecule has 1 atom stereocenters. The molecular formula is C25H30N2O5. The van der Waals surface area contributed by atoms with Gasteiger partial charge in [0, 0.05) is 17.9 Å². The van der Waals surface area contributed by atoms with Crippen LogP contribution in [-0.2, 0) is 14.3 Å². The fourth-order valence-corrected chi connectivity index (χ4v) is 3.97. The summed E-state index contributed by atoms with van der Waals surface area (Å²) in [4.78, 5) is 36.0. The number of benzene rings is 2. The number of ether oxygens (including phenoxy) is 1. The second-order valence-corrected chi connectivity index (χ2v) is 9.05. The van der Waals surface area contributed by atoms with Gasteiger partial charge in [0.25, 0.3) is 0 Å². The Labute approximate surface area is 188 Å². The van der Waals surface area contributed by atoms with Crippen molar-refractivity contribution in [3.05, 3.63) is 59.7 Å². The summed E-state index contributed by atoms with van der Waals surface area (Å²) in [5, 5.41) is 14.3. The minimum Gasteiger partial charge on any atom is -0.481 e. The van der Waals surface area contributed by atoms with Gasteiger partial charge in [-0.3, -0.25) is 9.59 Å². The Bertz CT molecular complexity index is 950. The van der Waals surface area contributed by atoms with Crippen LogP contribution in [0.15, 0.2) is 48.5 Å². The molecule has 3 rings (SSSR count). The Morgan fingerprint density at radius 2 is 1.56 bits per heavy atom. The molecule has 7 heteroatoms. The van der Waals surface area contributed by atoms with Crippen LogP contribution in [0, 0.1) is 0 Å². The zero-order chi connectivity index (χ0) is 23.3. The van der Waals surface area contributed by atoms with Crippen LogP contribution in [0.25, 0.3) is 11.1 Å². The van der Waals surface area contributed by atoms with Crippen LogP contribution in [0.4, 0.5) is 4.79 Å². The molecule has 2 aromatic carbocycles. The molecule has 2 amide bonds. The van der Waals surface area contributed by atoms with E-state index in [1.807, 2.05) is 57.2 Å². The molecule has 1 aliphatic rings. The number of carbonyl (C=O) groups is 3. The molecule has 1 unspecified atom stereocenters. The van der Waals surface area contributed by atoms with E-state index in [4.69, 9.17) is 9.84 Å². The molecule has 2 aromatic rings. The van der Waals surface area contributed by atoms with Crippen LogP contribution >= 0.6 is 0 Å². The standard InChI is InChI=1S/C25H30N2O5/c1-25(2,3)27-23(30)21(13-8-14-22(28)29)26-24(31)32-15-20-18-11-6-4-9-16(18)17-10-5-7-12-19(17)20/h4-7,9-12,20-21H,8,13-15H2,1-3H3,(H,26,31)(H,27,30)(H,28,29). The van der Waals surface area contributed by atoms with Gasteiger partial charge < -0.3 is 20.5 Å². The third-order valence-electron chi connectivity index (χ3n) is 5.33. The van der Waals surface area contributed by atoms with Crippen molar-refractivity contribution in [1.82, 2.24) is 10.6 Å². The van der Waals surface area contributed by atoms with Crippen LogP contribution in [0.3, 0.4) is 0 Å². The van der Waals surface area contributed by atoms with Gasteiger partial charge in [-0.2, -0.15) is 0 Å². The minimum absolute atomic E-state index is 0.0777. The maximum absolute atomic E-state index is 12.6. The summed E-state index contributed by atoms with van der Waals surface area (Å²) in [6, 6.07) is 15.2. The van der Waals surface area contributed by atoms with E-state index >= 15 is 0 Å². The van der Waals surface area contributed by atoms with Gasteiger partial charge in [-0.05, 0) is 55.9 Å². The van der Waals surface area contributed by atoms with E-state index < -0.39 is 23.6 Å². The first-order valence-electron chi connectivity index (χ1n) is 10.8. The molecule has 7 nitrogen and oxygen atoms in total. The molecule has 0 radical (unpaired) electrons. The van der Waals surface area contributed by atoms with Crippen LogP contribution < -0.4 is 10.6 Å². The van der Waals surface area contributed by atoms with E-state index in [-0.39, 0.29) is 37.7 Å². The van der Waals surface area contributed by atoms with E-state index in [0.29, 0.717) is 0 Å². The molecule has 0 bridgehead atoms. The van der Waals surface area contributed by atoms with Gasteiger partial charge in [-0.15, -0.1) is 0 Å². The second-order valence-electron chi connectivity index (χ2n) is 9.05.